The average molecular weight is 253 g/mol. The van der Waals surface area contributed by atoms with E-state index in [9.17, 15) is 0 Å². The Hall–Kier alpha value is -1.02. The highest BCUT2D eigenvalue weighted by molar-refractivity contribution is 6.42. The fraction of sp³-hybridized carbons (Fsp3) is 0.0769. The van der Waals surface area contributed by atoms with E-state index in [1.165, 1.54) is 0 Å². The minimum Gasteiger partial charge on any atom is -0.392 e. The minimum absolute atomic E-state index is 0.0369. The second-order valence-corrected chi connectivity index (χ2v) is 4.30. The van der Waals surface area contributed by atoms with E-state index >= 15 is 0 Å². The highest BCUT2D eigenvalue weighted by atomic mass is 35.5. The van der Waals surface area contributed by atoms with Crippen LogP contribution in [0.2, 0.25) is 10.0 Å². The Morgan fingerprint density at radius 2 is 1.62 bits per heavy atom. The van der Waals surface area contributed by atoms with Gasteiger partial charge in [0.2, 0.25) is 0 Å². The van der Waals surface area contributed by atoms with Crippen LogP contribution < -0.4 is 0 Å². The summed E-state index contributed by atoms with van der Waals surface area (Å²) in [6.45, 7) is 0.0369. The molecule has 0 spiro atoms. The van der Waals surface area contributed by atoms with Gasteiger partial charge in [-0.25, -0.2) is 0 Å². The molecule has 0 radical (unpaired) electrons. The lowest BCUT2D eigenvalue weighted by Crippen LogP contribution is -1.84. The zero-order chi connectivity index (χ0) is 11.5. The molecule has 0 bridgehead atoms. The standard InChI is InChI=1S/C13H10Cl2O/c14-12-5-4-11(7-13(12)15)10-3-1-2-9(6-10)8-16/h1-7,16H,8H2. The molecule has 0 saturated carbocycles. The van der Waals surface area contributed by atoms with Crippen LogP contribution >= 0.6 is 23.2 Å². The van der Waals surface area contributed by atoms with Gasteiger partial charge in [-0.1, -0.05) is 47.5 Å². The van der Waals surface area contributed by atoms with Crippen LogP contribution in [0.5, 0.6) is 0 Å². The first kappa shape index (κ1) is 11.5. The van der Waals surface area contributed by atoms with Crippen LogP contribution in [0.15, 0.2) is 42.5 Å². The Morgan fingerprint density at radius 1 is 0.875 bits per heavy atom. The first-order valence-corrected chi connectivity index (χ1v) is 5.61. The van der Waals surface area contributed by atoms with E-state index in [0.29, 0.717) is 10.0 Å². The molecule has 0 fully saturated rings. The number of aliphatic hydroxyl groups excluding tert-OH is 1. The summed E-state index contributed by atoms with van der Waals surface area (Å²) in [5, 5.41) is 10.1. The lowest BCUT2D eigenvalue weighted by atomic mass is 10.0. The summed E-state index contributed by atoms with van der Waals surface area (Å²) in [5.41, 5.74) is 2.89. The molecule has 0 aliphatic rings. The molecule has 0 atom stereocenters. The highest BCUT2D eigenvalue weighted by Gasteiger charge is 2.02. The first-order chi connectivity index (χ1) is 7.70. The van der Waals surface area contributed by atoms with Gasteiger partial charge in [-0.15, -0.1) is 0 Å². The molecule has 2 aromatic carbocycles. The topological polar surface area (TPSA) is 20.2 Å². The molecule has 1 N–H and O–H groups in total. The molecule has 1 nitrogen and oxygen atoms in total. The fourth-order valence-corrected chi connectivity index (χ4v) is 1.82. The maximum Gasteiger partial charge on any atom is 0.0682 e. The van der Waals surface area contributed by atoms with Gasteiger partial charge in [-0.3, -0.25) is 0 Å². The Labute approximate surface area is 104 Å². The molecule has 0 unspecified atom stereocenters. The molecule has 2 aromatic rings. The van der Waals surface area contributed by atoms with E-state index < -0.39 is 0 Å². The smallest absolute Gasteiger partial charge is 0.0682 e. The molecule has 82 valence electrons. The zero-order valence-electron chi connectivity index (χ0n) is 8.45. The van der Waals surface area contributed by atoms with Gasteiger partial charge in [-0.05, 0) is 34.9 Å². The monoisotopic (exact) mass is 252 g/mol. The van der Waals surface area contributed by atoms with Gasteiger partial charge in [0.25, 0.3) is 0 Å². The van der Waals surface area contributed by atoms with Gasteiger partial charge in [-0.2, -0.15) is 0 Å². The zero-order valence-corrected chi connectivity index (χ0v) is 9.96. The third-order valence-electron chi connectivity index (χ3n) is 2.36. The summed E-state index contributed by atoms with van der Waals surface area (Å²) in [6.07, 6.45) is 0. The maximum atomic E-state index is 9.06. The lowest BCUT2D eigenvalue weighted by Gasteiger charge is -2.05. The van der Waals surface area contributed by atoms with Gasteiger partial charge >= 0.3 is 0 Å². The third kappa shape index (κ3) is 2.38. The van der Waals surface area contributed by atoms with E-state index in [4.69, 9.17) is 28.3 Å². The van der Waals surface area contributed by atoms with Crippen LogP contribution in [0.25, 0.3) is 11.1 Å². The number of hydrogen-bond acceptors (Lipinski definition) is 1. The summed E-state index contributed by atoms with van der Waals surface area (Å²) >= 11 is 11.8. The molecule has 3 heteroatoms. The predicted octanol–water partition coefficient (Wildman–Crippen LogP) is 4.15. The number of rotatable bonds is 2. The van der Waals surface area contributed by atoms with Crippen molar-refractivity contribution >= 4 is 23.2 Å². The van der Waals surface area contributed by atoms with E-state index in [2.05, 4.69) is 0 Å². The van der Waals surface area contributed by atoms with Crippen molar-refractivity contribution in [1.29, 1.82) is 0 Å². The van der Waals surface area contributed by atoms with Crippen molar-refractivity contribution in [2.75, 3.05) is 0 Å². The van der Waals surface area contributed by atoms with Crippen molar-refractivity contribution in [3.05, 3.63) is 58.1 Å². The Balaban J connectivity index is 2.46. The Bertz CT molecular complexity index is 509. The third-order valence-corrected chi connectivity index (χ3v) is 3.10. The number of hydrogen-bond donors (Lipinski definition) is 1. The van der Waals surface area contributed by atoms with Crippen LogP contribution in [-0.4, -0.2) is 5.11 Å². The first-order valence-electron chi connectivity index (χ1n) is 4.86. The summed E-state index contributed by atoms with van der Waals surface area (Å²) in [4.78, 5) is 0. The Kier molecular flexibility index (Phi) is 3.49. The molecule has 0 heterocycles. The van der Waals surface area contributed by atoms with Gasteiger partial charge in [0.1, 0.15) is 0 Å². The molecule has 0 aliphatic carbocycles. The summed E-state index contributed by atoms with van der Waals surface area (Å²) in [6, 6.07) is 13.2. The number of benzene rings is 2. The quantitative estimate of drug-likeness (QED) is 0.852. The van der Waals surface area contributed by atoms with Crippen molar-refractivity contribution in [2.45, 2.75) is 6.61 Å². The molecular formula is C13H10Cl2O. The minimum atomic E-state index is 0.0369. The van der Waals surface area contributed by atoms with E-state index in [0.717, 1.165) is 16.7 Å². The second-order valence-electron chi connectivity index (χ2n) is 3.49. The fourth-order valence-electron chi connectivity index (χ4n) is 1.52. The van der Waals surface area contributed by atoms with Gasteiger partial charge < -0.3 is 5.11 Å². The molecule has 0 saturated heterocycles. The van der Waals surface area contributed by atoms with Crippen molar-refractivity contribution in [1.82, 2.24) is 0 Å². The molecule has 0 amide bonds. The van der Waals surface area contributed by atoms with Crippen molar-refractivity contribution in [3.8, 4) is 11.1 Å². The van der Waals surface area contributed by atoms with Crippen molar-refractivity contribution in [2.24, 2.45) is 0 Å². The largest absolute Gasteiger partial charge is 0.392 e. The van der Waals surface area contributed by atoms with E-state index in [-0.39, 0.29) is 6.61 Å². The van der Waals surface area contributed by atoms with Gasteiger partial charge in [0, 0.05) is 0 Å². The summed E-state index contributed by atoms with van der Waals surface area (Å²) < 4.78 is 0. The number of aliphatic hydroxyl groups is 1. The van der Waals surface area contributed by atoms with Crippen LogP contribution in [0.1, 0.15) is 5.56 Å². The van der Waals surface area contributed by atoms with Gasteiger partial charge in [0.05, 0.1) is 16.7 Å². The summed E-state index contributed by atoms with van der Waals surface area (Å²) in [5.74, 6) is 0. The van der Waals surface area contributed by atoms with Crippen LogP contribution in [0.4, 0.5) is 0 Å². The van der Waals surface area contributed by atoms with Crippen molar-refractivity contribution in [3.63, 3.8) is 0 Å². The maximum absolute atomic E-state index is 9.06. The van der Waals surface area contributed by atoms with Crippen LogP contribution in [0, 0.1) is 0 Å². The van der Waals surface area contributed by atoms with E-state index in [1.54, 1.807) is 6.07 Å². The van der Waals surface area contributed by atoms with E-state index in [1.807, 2.05) is 36.4 Å². The predicted molar refractivity (Wildman–Crippen MR) is 67.8 cm³/mol. The number of halogens is 2. The lowest BCUT2D eigenvalue weighted by molar-refractivity contribution is 0.282. The Morgan fingerprint density at radius 3 is 2.31 bits per heavy atom. The average Bonchev–Trinajstić information content (AvgIpc) is 2.33. The van der Waals surface area contributed by atoms with Crippen molar-refractivity contribution < 1.29 is 5.11 Å². The second kappa shape index (κ2) is 4.88. The molecule has 16 heavy (non-hydrogen) atoms. The molecule has 0 aliphatic heterocycles. The normalized spacial score (nSPS) is 10.4. The SMILES string of the molecule is OCc1cccc(-c2ccc(Cl)c(Cl)c2)c1. The molecular weight excluding hydrogens is 243 g/mol. The van der Waals surface area contributed by atoms with Crippen LogP contribution in [0.3, 0.4) is 0 Å². The molecule has 2 rings (SSSR count). The summed E-state index contributed by atoms with van der Waals surface area (Å²) in [7, 11) is 0. The highest BCUT2D eigenvalue weighted by Crippen LogP contribution is 2.28. The molecule has 0 aromatic heterocycles. The van der Waals surface area contributed by atoms with Crippen LogP contribution in [-0.2, 0) is 6.61 Å². The van der Waals surface area contributed by atoms with Gasteiger partial charge in [0.15, 0.2) is 0 Å².